The molecule has 4 amide bonds. The first-order valence-electron chi connectivity index (χ1n) is 13.4. The smallest absolute Gasteiger partial charge is 0.326 e. The summed E-state index contributed by atoms with van der Waals surface area (Å²) in [4.78, 5) is 83.4. The van der Waals surface area contributed by atoms with Crippen LogP contribution in [0, 0.1) is 0 Å². The lowest BCUT2D eigenvalue weighted by Gasteiger charge is -2.25. The van der Waals surface area contributed by atoms with E-state index >= 15 is 0 Å². The molecule has 0 saturated heterocycles. The molecule has 0 aliphatic heterocycles. The van der Waals surface area contributed by atoms with E-state index in [1.807, 2.05) is 18.2 Å². The van der Waals surface area contributed by atoms with Crippen molar-refractivity contribution in [2.45, 2.75) is 62.7 Å². The van der Waals surface area contributed by atoms with Crippen LogP contribution in [0.4, 0.5) is 0 Å². The molecule has 0 spiro atoms. The summed E-state index contributed by atoms with van der Waals surface area (Å²) in [6.07, 6.45) is 3.10. The average Bonchev–Trinajstić information content (AvgIpc) is 3.62. The summed E-state index contributed by atoms with van der Waals surface area (Å²) in [5.41, 5.74) is 12.7. The number of aliphatic carboxylic acids is 2. The Labute approximate surface area is 245 Å². The molecule has 16 nitrogen and oxygen atoms in total. The van der Waals surface area contributed by atoms with Crippen molar-refractivity contribution in [2.75, 3.05) is 0 Å². The van der Waals surface area contributed by atoms with Crippen molar-refractivity contribution in [1.82, 2.24) is 30.9 Å². The van der Waals surface area contributed by atoms with Gasteiger partial charge in [-0.3, -0.25) is 24.0 Å². The van der Waals surface area contributed by atoms with Gasteiger partial charge >= 0.3 is 11.9 Å². The highest BCUT2D eigenvalue weighted by molar-refractivity contribution is 5.94. The molecule has 230 valence electrons. The fourth-order valence-electron chi connectivity index (χ4n) is 4.33. The van der Waals surface area contributed by atoms with Crippen molar-refractivity contribution in [2.24, 2.45) is 11.5 Å². The van der Waals surface area contributed by atoms with Gasteiger partial charge in [0, 0.05) is 54.7 Å². The number of nitrogens with zero attached hydrogens (tertiary/aromatic N) is 1. The van der Waals surface area contributed by atoms with E-state index < -0.39 is 66.2 Å². The van der Waals surface area contributed by atoms with Gasteiger partial charge in [-0.15, -0.1) is 0 Å². The molecule has 0 fully saturated rings. The third kappa shape index (κ3) is 9.67. The highest BCUT2D eigenvalue weighted by Crippen LogP contribution is 2.19. The van der Waals surface area contributed by atoms with Gasteiger partial charge in [0.05, 0.1) is 12.4 Å². The summed E-state index contributed by atoms with van der Waals surface area (Å²) >= 11 is 0. The molecule has 2 aromatic heterocycles. The summed E-state index contributed by atoms with van der Waals surface area (Å²) in [5.74, 6) is -5.79. The van der Waals surface area contributed by atoms with E-state index in [4.69, 9.17) is 16.6 Å². The van der Waals surface area contributed by atoms with E-state index in [2.05, 4.69) is 30.9 Å². The largest absolute Gasteiger partial charge is 0.481 e. The maximum Gasteiger partial charge on any atom is 0.326 e. The van der Waals surface area contributed by atoms with Crippen molar-refractivity contribution in [1.29, 1.82) is 0 Å². The van der Waals surface area contributed by atoms with Crippen molar-refractivity contribution in [3.8, 4) is 0 Å². The maximum atomic E-state index is 13.4. The second-order valence-corrected chi connectivity index (χ2v) is 9.91. The van der Waals surface area contributed by atoms with Crippen LogP contribution in [-0.2, 0) is 41.6 Å². The number of aromatic nitrogens is 3. The molecule has 11 N–H and O–H groups in total. The zero-order valence-electron chi connectivity index (χ0n) is 23.0. The van der Waals surface area contributed by atoms with Gasteiger partial charge in [0.2, 0.25) is 23.6 Å². The lowest BCUT2D eigenvalue weighted by molar-refractivity contribution is -0.142. The molecule has 0 saturated carbocycles. The highest BCUT2D eigenvalue weighted by atomic mass is 16.4. The van der Waals surface area contributed by atoms with E-state index in [1.165, 1.54) is 12.5 Å². The topological polar surface area (TPSA) is 275 Å². The van der Waals surface area contributed by atoms with E-state index in [1.54, 1.807) is 12.3 Å². The Bertz CT molecular complexity index is 1450. The lowest BCUT2D eigenvalue weighted by atomic mass is 10.0. The minimum atomic E-state index is -1.42. The van der Waals surface area contributed by atoms with Crippen LogP contribution < -0.4 is 27.4 Å². The van der Waals surface area contributed by atoms with Crippen LogP contribution in [-0.4, -0.2) is 84.9 Å². The third-order valence-corrected chi connectivity index (χ3v) is 6.64. The summed E-state index contributed by atoms with van der Waals surface area (Å²) in [5, 5.41) is 27.1. The van der Waals surface area contributed by atoms with Crippen molar-refractivity contribution < 1.29 is 39.0 Å². The van der Waals surface area contributed by atoms with Gasteiger partial charge in [0.15, 0.2) is 0 Å². The molecule has 4 atom stereocenters. The molecule has 3 aromatic rings. The van der Waals surface area contributed by atoms with E-state index in [0.29, 0.717) is 11.3 Å². The molecule has 43 heavy (non-hydrogen) atoms. The number of amides is 4. The number of benzene rings is 1. The zero-order valence-corrected chi connectivity index (χ0v) is 23.0. The molecule has 0 aliphatic carbocycles. The third-order valence-electron chi connectivity index (χ3n) is 6.64. The standard InChI is InChI=1S/C27H34N8O8/c28-17(5-7-22(29)36)24(39)33-19(6-8-23(37)38)25(40)34-20(10-15-12-30-13-32-15)26(41)35-21(27(42)43)9-14-11-31-18-4-2-1-3-16(14)18/h1-4,11-13,17,19-21,31H,5-10,28H2,(H2,29,36)(H,30,32)(H,33,39)(H,34,40)(H,35,41)(H,37,38)(H,42,43). The number of nitrogens with two attached hydrogens (primary N) is 2. The molecular formula is C27H34N8O8. The minimum absolute atomic E-state index is 0.0592. The van der Waals surface area contributed by atoms with Gasteiger partial charge in [0.25, 0.3) is 0 Å². The van der Waals surface area contributed by atoms with E-state index in [9.17, 15) is 33.9 Å². The molecule has 4 unspecified atom stereocenters. The Balaban J connectivity index is 1.78. The minimum Gasteiger partial charge on any atom is -0.481 e. The normalized spacial score (nSPS) is 13.8. The quantitative estimate of drug-likeness (QED) is 0.0883. The average molecular weight is 599 g/mol. The Morgan fingerprint density at radius 2 is 1.51 bits per heavy atom. The second-order valence-electron chi connectivity index (χ2n) is 9.91. The first-order chi connectivity index (χ1) is 20.4. The molecular weight excluding hydrogens is 564 g/mol. The van der Waals surface area contributed by atoms with Gasteiger partial charge < -0.3 is 47.6 Å². The molecule has 2 heterocycles. The van der Waals surface area contributed by atoms with Crippen molar-refractivity contribution in [3.63, 3.8) is 0 Å². The number of para-hydroxylation sites is 1. The number of H-pyrrole nitrogens is 2. The number of imidazole rings is 1. The van der Waals surface area contributed by atoms with Crippen LogP contribution >= 0.6 is 0 Å². The number of primary amides is 1. The van der Waals surface area contributed by atoms with Gasteiger partial charge in [-0.05, 0) is 24.5 Å². The molecule has 16 heteroatoms. The predicted molar refractivity (Wildman–Crippen MR) is 151 cm³/mol. The summed E-state index contributed by atoms with van der Waals surface area (Å²) in [6, 6.07) is 1.93. The maximum absolute atomic E-state index is 13.4. The van der Waals surface area contributed by atoms with Crippen LogP contribution in [0.5, 0.6) is 0 Å². The number of carbonyl (C=O) groups is 6. The number of hydrogen-bond acceptors (Lipinski definition) is 8. The number of nitrogens with one attached hydrogen (secondary N) is 5. The number of hydrogen-bond donors (Lipinski definition) is 9. The Morgan fingerprint density at radius 3 is 2.16 bits per heavy atom. The summed E-state index contributed by atoms with van der Waals surface area (Å²) in [7, 11) is 0. The molecule has 3 rings (SSSR count). The molecule has 1 aromatic carbocycles. The van der Waals surface area contributed by atoms with Gasteiger partial charge in [-0.25, -0.2) is 9.78 Å². The highest BCUT2D eigenvalue weighted by Gasteiger charge is 2.31. The first-order valence-corrected chi connectivity index (χ1v) is 13.4. The van der Waals surface area contributed by atoms with E-state index in [0.717, 1.165) is 10.9 Å². The monoisotopic (exact) mass is 598 g/mol. The van der Waals surface area contributed by atoms with Crippen LogP contribution in [0.3, 0.4) is 0 Å². The Kier molecular flexibility index (Phi) is 11.3. The van der Waals surface area contributed by atoms with Crippen LogP contribution in [0.15, 0.2) is 43.0 Å². The Hall–Kier alpha value is -5.25. The number of rotatable bonds is 17. The van der Waals surface area contributed by atoms with Crippen LogP contribution in [0.2, 0.25) is 0 Å². The Morgan fingerprint density at radius 1 is 0.837 bits per heavy atom. The van der Waals surface area contributed by atoms with Crippen LogP contribution in [0.25, 0.3) is 10.9 Å². The summed E-state index contributed by atoms with van der Waals surface area (Å²) < 4.78 is 0. The predicted octanol–water partition coefficient (Wildman–Crippen LogP) is -1.33. The SMILES string of the molecule is NC(=O)CCC(N)C(=O)NC(CCC(=O)O)C(=O)NC(Cc1cnc[nH]1)C(=O)NC(Cc1c[nH]c2ccccc12)C(=O)O. The number of carboxylic acid groups (broad SMARTS) is 2. The number of carbonyl (C=O) groups excluding carboxylic acids is 4. The van der Waals surface area contributed by atoms with Crippen molar-refractivity contribution >= 4 is 46.5 Å². The zero-order chi connectivity index (χ0) is 31.5. The number of carboxylic acids is 2. The van der Waals surface area contributed by atoms with Gasteiger partial charge in [-0.1, -0.05) is 18.2 Å². The number of fused-ring (bicyclic) bond motifs is 1. The molecule has 0 bridgehead atoms. The molecule has 0 aliphatic rings. The number of aromatic amines is 2. The van der Waals surface area contributed by atoms with Crippen molar-refractivity contribution in [3.05, 3.63) is 54.2 Å². The lowest BCUT2D eigenvalue weighted by Crippen LogP contribution is -2.58. The van der Waals surface area contributed by atoms with Gasteiger partial charge in [-0.2, -0.15) is 0 Å². The van der Waals surface area contributed by atoms with E-state index in [-0.39, 0.29) is 32.1 Å². The fourth-order valence-corrected chi connectivity index (χ4v) is 4.33. The first kappa shape index (κ1) is 32.3. The van der Waals surface area contributed by atoms with Crippen LogP contribution in [0.1, 0.15) is 36.9 Å². The molecule has 0 radical (unpaired) electrons. The second kappa shape index (κ2) is 15.1. The summed E-state index contributed by atoms with van der Waals surface area (Å²) in [6.45, 7) is 0. The van der Waals surface area contributed by atoms with Gasteiger partial charge in [0.1, 0.15) is 18.1 Å². The fraction of sp³-hybridized carbons (Fsp3) is 0.370.